The summed E-state index contributed by atoms with van der Waals surface area (Å²) in [6, 6.07) is 12.1. The second-order valence-corrected chi connectivity index (χ2v) is 6.14. The average Bonchev–Trinajstić information content (AvgIpc) is 3.39. The van der Waals surface area contributed by atoms with Gasteiger partial charge in [0, 0.05) is 31.9 Å². The third-order valence-corrected chi connectivity index (χ3v) is 4.10. The normalized spacial score (nSPS) is 11.7. The largest absolute Gasteiger partial charge is 0.459 e. The van der Waals surface area contributed by atoms with Crippen LogP contribution in [0.25, 0.3) is 0 Å². The van der Waals surface area contributed by atoms with Crippen LogP contribution in [-0.2, 0) is 17.8 Å². The number of nitrogens with zero attached hydrogens (tertiary/aromatic N) is 2. The lowest BCUT2D eigenvalue weighted by Gasteiger charge is -2.18. The van der Waals surface area contributed by atoms with E-state index in [0.29, 0.717) is 13.0 Å². The molecule has 1 atom stereocenters. The van der Waals surface area contributed by atoms with E-state index in [2.05, 4.69) is 15.6 Å². The molecule has 2 aromatic heterocycles. The highest BCUT2D eigenvalue weighted by Gasteiger charge is 2.22. The van der Waals surface area contributed by atoms with Crippen LogP contribution < -0.4 is 10.6 Å². The summed E-state index contributed by atoms with van der Waals surface area (Å²) >= 11 is 0. The lowest BCUT2D eigenvalue weighted by molar-refractivity contribution is -0.122. The van der Waals surface area contributed by atoms with Crippen LogP contribution in [0.4, 0.5) is 0 Å². The van der Waals surface area contributed by atoms with Gasteiger partial charge >= 0.3 is 0 Å². The number of furan rings is 1. The first-order valence-corrected chi connectivity index (χ1v) is 8.84. The van der Waals surface area contributed by atoms with Crippen LogP contribution in [0.5, 0.6) is 0 Å². The summed E-state index contributed by atoms with van der Waals surface area (Å²) in [6.45, 7) is 1.28. The first-order chi connectivity index (χ1) is 13.2. The summed E-state index contributed by atoms with van der Waals surface area (Å²) < 4.78 is 7.06. The van der Waals surface area contributed by atoms with E-state index < -0.39 is 11.9 Å². The number of benzene rings is 1. The SMILES string of the molecule is O=C(NC(Cc1ccccc1)C(=O)NCCCn1ccnc1)c1ccco1. The van der Waals surface area contributed by atoms with Gasteiger partial charge in [0.05, 0.1) is 12.6 Å². The Morgan fingerprint density at radius 1 is 1.15 bits per heavy atom. The number of aryl methyl sites for hydroxylation is 1. The molecule has 2 amide bonds. The van der Waals surface area contributed by atoms with Crippen LogP contribution in [-0.4, -0.2) is 34.0 Å². The van der Waals surface area contributed by atoms with E-state index in [9.17, 15) is 9.59 Å². The smallest absolute Gasteiger partial charge is 0.287 e. The Bertz CT molecular complexity index is 830. The van der Waals surface area contributed by atoms with E-state index in [0.717, 1.165) is 18.5 Å². The third kappa shape index (κ3) is 5.57. The van der Waals surface area contributed by atoms with Crippen molar-refractivity contribution in [2.75, 3.05) is 6.54 Å². The predicted molar refractivity (Wildman–Crippen MR) is 100.0 cm³/mol. The molecule has 0 fully saturated rings. The van der Waals surface area contributed by atoms with Gasteiger partial charge in [-0.3, -0.25) is 9.59 Å². The fourth-order valence-electron chi connectivity index (χ4n) is 2.71. The Morgan fingerprint density at radius 3 is 2.70 bits per heavy atom. The molecule has 27 heavy (non-hydrogen) atoms. The second-order valence-electron chi connectivity index (χ2n) is 6.14. The first kappa shape index (κ1) is 18.4. The molecule has 0 spiro atoms. The number of hydrogen-bond acceptors (Lipinski definition) is 4. The maximum Gasteiger partial charge on any atom is 0.287 e. The molecule has 0 aliphatic carbocycles. The Morgan fingerprint density at radius 2 is 2.00 bits per heavy atom. The molecule has 0 aliphatic heterocycles. The van der Waals surface area contributed by atoms with Crippen LogP contribution in [0.3, 0.4) is 0 Å². The van der Waals surface area contributed by atoms with Crippen molar-refractivity contribution < 1.29 is 14.0 Å². The molecule has 2 heterocycles. The van der Waals surface area contributed by atoms with Gasteiger partial charge in [-0.05, 0) is 24.1 Å². The summed E-state index contributed by atoms with van der Waals surface area (Å²) in [6.07, 6.45) is 7.94. The Hall–Kier alpha value is -3.35. The molecule has 140 valence electrons. The zero-order valence-corrected chi connectivity index (χ0v) is 14.9. The van der Waals surface area contributed by atoms with Crippen LogP contribution in [0.2, 0.25) is 0 Å². The second kappa shape index (κ2) is 9.38. The molecular formula is C20H22N4O3. The minimum atomic E-state index is -0.682. The van der Waals surface area contributed by atoms with Crippen LogP contribution >= 0.6 is 0 Å². The molecular weight excluding hydrogens is 344 g/mol. The third-order valence-electron chi connectivity index (χ3n) is 4.10. The number of rotatable bonds is 9. The molecule has 0 bridgehead atoms. The summed E-state index contributed by atoms with van der Waals surface area (Å²) in [5, 5.41) is 5.66. The van der Waals surface area contributed by atoms with Gasteiger partial charge in [0.2, 0.25) is 5.91 Å². The van der Waals surface area contributed by atoms with Crippen molar-refractivity contribution in [3.05, 3.63) is 78.8 Å². The van der Waals surface area contributed by atoms with Crippen molar-refractivity contribution in [1.29, 1.82) is 0 Å². The van der Waals surface area contributed by atoms with Crippen molar-refractivity contribution in [2.24, 2.45) is 0 Å². The highest BCUT2D eigenvalue weighted by molar-refractivity contribution is 5.95. The standard InChI is InChI=1S/C20H22N4O3/c25-19(22-9-5-11-24-12-10-21-15-24)17(14-16-6-2-1-3-7-16)23-20(26)18-8-4-13-27-18/h1-4,6-8,10,12-13,15,17H,5,9,11,14H2,(H,22,25)(H,23,26). The van der Waals surface area contributed by atoms with Gasteiger partial charge in [0.25, 0.3) is 5.91 Å². The van der Waals surface area contributed by atoms with Crippen LogP contribution in [0.15, 0.2) is 71.9 Å². The molecule has 7 nitrogen and oxygen atoms in total. The number of carbonyl (C=O) groups is 2. The number of amides is 2. The topological polar surface area (TPSA) is 89.2 Å². The molecule has 1 unspecified atom stereocenters. The molecule has 2 N–H and O–H groups in total. The lowest BCUT2D eigenvalue weighted by atomic mass is 10.0. The van der Waals surface area contributed by atoms with Crippen molar-refractivity contribution in [3.63, 3.8) is 0 Å². The van der Waals surface area contributed by atoms with E-state index >= 15 is 0 Å². The van der Waals surface area contributed by atoms with Gasteiger partial charge in [-0.2, -0.15) is 0 Å². The summed E-state index contributed by atoms with van der Waals surface area (Å²) in [5.41, 5.74) is 0.968. The Labute approximate surface area is 157 Å². The average molecular weight is 366 g/mol. The van der Waals surface area contributed by atoms with Crippen molar-refractivity contribution in [3.8, 4) is 0 Å². The molecule has 3 rings (SSSR count). The molecule has 0 radical (unpaired) electrons. The van der Waals surface area contributed by atoms with Crippen LogP contribution in [0.1, 0.15) is 22.5 Å². The van der Waals surface area contributed by atoms with Gasteiger partial charge in [0.15, 0.2) is 5.76 Å². The number of imidazole rings is 1. The zero-order chi connectivity index (χ0) is 18.9. The molecule has 0 aliphatic rings. The number of aromatic nitrogens is 2. The quantitative estimate of drug-likeness (QED) is 0.567. The summed E-state index contributed by atoms with van der Waals surface area (Å²) in [4.78, 5) is 28.9. The maximum absolute atomic E-state index is 12.6. The minimum Gasteiger partial charge on any atom is -0.459 e. The zero-order valence-electron chi connectivity index (χ0n) is 14.9. The molecule has 1 aromatic carbocycles. The number of nitrogens with one attached hydrogen (secondary N) is 2. The minimum absolute atomic E-state index is 0.181. The monoisotopic (exact) mass is 366 g/mol. The highest BCUT2D eigenvalue weighted by Crippen LogP contribution is 2.06. The van der Waals surface area contributed by atoms with Crippen molar-refractivity contribution in [1.82, 2.24) is 20.2 Å². The summed E-state index contributed by atoms with van der Waals surface area (Å²) in [7, 11) is 0. The molecule has 3 aromatic rings. The molecule has 7 heteroatoms. The maximum atomic E-state index is 12.6. The highest BCUT2D eigenvalue weighted by atomic mass is 16.3. The van der Waals surface area contributed by atoms with Crippen LogP contribution in [0, 0.1) is 0 Å². The van der Waals surface area contributed by atoms with E-state index in [1.807, 2.05) is 41.1 Å². The fourth-order valence-corrected chi connectivity index (χ4v) is 2.71. The van der Waals surface area contributed by atoms with E-state index in [4.69, 9.17) is 4.42 Å². The first-order valence-electron chi connectivity index (χ1n) is 8.84. The van der Waals surface area contributed by atoms with Crippen molar-refractivity contribution >= 4 is 11.8 Å². The van der Waals surface area contributed by atoms with E-state index in [1.54, 1.807) is 24.7 Å². The van der Waals surface area contributed by atoms with Gasteiger partial charge < -0.3 is 19.6 Å². The van der Waals surface area contributed by atoms with E-state index in [-0.39, 0.29) is 11.7 Å². The van der Waals surface area contributed by atoms with Gasteiger partial charge in [-0.1, -0.05) is 30.3 Å². The van der Waals surface area contributed by atoms with Gasteiger partial charge in [-0.15, -0.1) is 0 Å². The number of hydrogen-bond donors (Lipinski definition) is 2. The molecule has 0 saturated carbocycles. The predicted octanol–water partition coefficient (Wildman–Crippen LogP) is 2.02. The van der Waals surface area contributed by atoms with Crippen molar-refractivity contribution in [2.45, 2.75) is 25.4 Å². The lowest BCUT2D eigenvalue weighted by Crippen LogP contribution is -2.48. The molecule has 0 saturated heterocycles. The van der Waals surface area contributed by atoms with E-state index in [1.165, 1.54) is 6.26 Å². The Kier molecular flexibility index (Phi) is 6.40. The number of carbonyl (C=O) groups excluding carboxylic acids is 2. The van der Waals surface area contributed by atoms with Gasteiger partial charge in [0.1, 0.15) is 6.04 Å². The summed E-state index contributed by atoms with van der Waals surface area (Å²) in [5.74, 6) is -0.445. The van der Waals surface area contributed by atoms with Gasteiger partial charge in [-0.25, -0.2) is 4.98 Å². The fraction of sp³-hybridized carbons (Fsp3) is 0.250. The Balaban J connectivity index is 1.57.